The molecule has 2 rings (SSSR count). The maximum absolute atomic E-state index is 12.0. The molecule has 5 heteroatoms. The van der Waals surface area contributed by atoms with E-state index in [0.29, 0.717) is 11.1 Å². The summed E-state index contributed by atoms with van der Waals surface area (Å²) in [6.45, 7) is 3.60. The fourth-order valence-corrected chi connectivity index (χ4v) is 1.95. The lowest BCUT2D eigenvalue weighted by atomic mass is 10.1. The molecule has 0 saturated heterocycles. The lowest BCUT2D eigenvalue weighted by Crippen LogP contribution is -2.43. The minimum Gasteiger partial charge on any atom is -0.352 e. The Morgan fingerprint density at radius 3 is 2.21 bits per heavy atom. The Hall–Kier alpha value is -2.17. The van der Waals surface area contributed by atoms with Crippen LogP contribution in [0.1, 0.15) is 41.0 Å². The van der Waals surface area contributed by atoms with Gasteiger partial charge in [-0.2, -0.15) is 0 Å². The molecule has 0 saturated carbocycles. The first-order chi connectivity index (χ1) is 9.04. The summed E-state index contributed by atoms with van der Waals surface area (Å²) in [6, 6.07) is 6.63. The topological polar surface area (TPSA) is 66.5 Å². The molecule has 0 aliphatic carbocycles. The molecule has 3 amide bonds. The molecule has 100 valence electrons. The molecule has 19 heavy (non-hydrogen) atoms. The number of amides is 3. The highest BCUT2D eigenvalue weighted by atomic mass is 16.2. The molecule has 1 aromatic rings. The van der Waals surface area contributed by atoms with Crippen LogP contribution in [0.5, 0.6) is 0 Å². The van der Waals surface area contributed by atoms with Gasteiger partial charge in [-0.1, -0.05) is 19.1 Å². The highest BCUT2D eigenvalue weighted by Crippen LogP contribution is 2.21. The van der Waals surface area contributed by atoms with E-state index in [2.05, 4.69) is 5.32 Å². The second kappa shape index (κ2) is 5.22. The summed E-state index contributed by atoms with van der Waals surface area (Å²) >= 11 is 0. The highest BCUT2D eigenvalue weighted by molar-refractivity contribution is 6.22. The summed E-state index contributed by atoms with van der Waals surface area (Å²) in [5, 5.41) is 2.74. The molecule has 0 unspecified atom stereocenters. The van der Waals surface area contributed by atoms with Crippen molar-refractivity contribution in [1.29, 1.82) is 0 Å². The molecule has 1 atom stereocenters. The Balaban J connectivity index is 2.10. The molecular formula is C14H16N2O3. The van der Waals surface area contributed by atoms with Crippen molar-refractivity contribution in [1.82, 2.24) is 10.2 Å². The number of carbonyl (C=O) groups is 3. The first-order valence-corrected chi connectivity index (χ1v) is 6.29. The summed E-state index contributed by atoms with van der Waals surface area (Å²) < 4.78 is 0. The Kier molecular flexibility index (Phi) is 3.64. The molecule has 0 aromatic heterocycles. The van der Waals surface area contributed by atoms with Crippen molar-refractivity contribution in [3.05, 3.63) is 35.4 Å². The van der Waals surface area contributed by atoms with Crippen LogP contribution in [0.25, 0.3) is 0 Å². The van der Waals surface area contributed by atoms with Crippen LogP contribution < -0.4 is 5.32 Å². The summed E-state index contributed by atoms with van der Waals surface area (Å²) in [6.07, 6.45) is 0.799. The minimum atomic E-state index is -0.403. The van der Waals surface area contributed by atoms with Crippen molar-refractivity contribution in [3.8, 4) is 0 Å². The third-order valence-corrected chi connectivity index (χ3v) is 3.20. The highest BCUT2D eigenvalue weighted by Gasteiger charge is 2.36. The number of benzene rings is 1. The van der Waals surface area contributed by atoms with Gasteiger partial charge in [-0.25, -0.2) is 0 Å². The second-order valence-corrected chi connectivity index (χ2v) is 4.62. The molecule has 0 spiro atoms. The molecule has 0 bridgehead atoms. The molecule has 1 aliphatic heterocycles. The van der Waals surface area contributed by atoms with E-state index in [-0.39, 0.29) is 18.5 Å². The average molecular weight is 260 g/mol. The monoisotopic (exact) mass is 260 g/mol. The van der Waals surface area contributed by atoms with Gasteiger partial charge in [0.05, 0.1) is 11.1 Å². The third kappa shape index (κ3) is 2.50. The minimum absolute atomic E-state index is 0.0303. The zero-order valence-corrected chi connectivity index (χ0v) is 11.0. The predicted molar refractivity (Wildman–Crippen MR) is 69.7 cm³/mol. The second-order valence-electron chi connectivity index (χ2n) is 4.62. The summed E-state index contributed by atoms with van der Waals surface area (Å²) in [4.78, 5) is 36.8. The summed E-state index contributed by atoms with van der Waals surface area (Å²) in [7, 11) is 0. The largest absolute Gasteiger partial charge is 0.352 e. The van der Waals surface area contributed by atoms with Gasteiger partial charge in [-0.3, -0.25) is 19.3 Å². The van der Waals surface area contributed by atoms with Gasteiger partial charge in [0.15, 0.2) is 0 Å². The lowest BCUT2D eigenvalue weighted by molar-refractivity contribution is -0.122. The molecule has 1 aromatic carbocycles. The van der Waals surface area contributed by atoms with Crippen molar-refractivity contribution in [2.24, 2.45) is 0 Å². The van der Waals surface area contributed by atoms with E-state index in [0.717, 1.165) is 11.3 Å². The van der Waals surface area contributed by atoms with E-state index in [1.165, 1.54) is 0 Å². The van der Waals surface area contributed by atoms with Crippen LogP contribution in [0.4, 0.5) is 0 Å². The molecule has 1 heterocycles. The number of rotatable bonds is 4. The summed E-state index contributed by atoms with van der Waals surface area (Å²) in [5.41, 5.74) is 0.729. The van der Waals surface area contributed by atoms with Crippen molar-refractivity contribution in [2.45, 2.75) is 26.3 Å². The number of nitrogens with one attached hydrogen (secondary N) is 1. The Bertz CT molecular complexity index is 504. The van der Waals surface area contributed by atoms with Gasteiger partial charge >= 0.3 is 0 Å². The van der Waals surface area contributed by atoms with Crippen LogP contribution in [0.15, 0.2) is 24.3 Å². The van der Waals surface area contributed by atoms with Crippen LogP contribution >= 0.6 is 0 Å². The third-order valence-electron chi connectivity index (χ3n) is 3.20. The smallest absolute Gasteiger partial charge is 0.262 e. The van der Waals surface area contributed by atoms with E-state index in [9.17, 15) is 14.4 Å². The van der Waals surface area contributed by atoms with Gasteiger partial charge < -0.3 is 5.32 Å². The fraction of sp³-hybridized carbons (Fsp3) is 0.357. The Labute approximate surface area is 111 Å². The molecule has 1 aliphatic rings. The number of hydrogen-bond acceptors (Lipinski definition) is 3. The molecule has 1 N–H and O–H groups in total. The molecule has 0 radical (unpaired) electrons. The van der Waals surface area contributed by atoms with Crippen LogP contribution in [0, 0.1) is 0 Å². The van der Waals surface area contributed by atoms with Crippen molar-refractivity contribution < 1.29 is 14.4 Å². The van der Waals surface area contributed by atoms with Crippen LogP contribution in [-0.4, -0.2) is 35.2 Å². The Morgan fingerprint density at radius 1 is 1.21 bits per heavy atom. The van der Waals surface area contributed by atoms with Gasteiger partial charge in [0.2, 0.25) is 5.91 Å². The predicted octanol–water partition coefficient (Wildman–Crippen LogP) is 1.20. The standard InChI is InChI=1S/C14H16N2O3/c1-3-9(2)15-12(17)8-16-13(18)10-6-4-5-7-11(10)14(16)19/h4-7,9H,3,8H2,1-2H3,(H,15,17)/t9-/m0/s1. The number of nitrogens with zero attached hydrogens (tertiary/aromatic N) is 1. The Morgan fingerprint density at radius 2 is 1.74 bits per heavy atom. The van der Waals surface area contributed by atoms with E-state index < -0.39 is 11.8 Å². The molecular weight excluding hydrogens is 244 g/mol. The van der Waals surface area contributed by atoms with Crippen LogP contribution in [0.3, 0.4) is 0 Å². The maximum atomic E-state index is 12.0. The maximum Gasteiger partial charge on any atom is 0.262 e. The number of carbonyl (C=O) groups excluding carboxylic acids is 3. The van der Waals surface area contributed by atoms with E-state index in [1.54, 1.807) is 24.3 Å². The van der Waals surface area contributed by atoms with Gasteiger partial charge in [0.25, 0.3) is 11.8 Å². The zero-order valence-electron chi connectivity index (χ0n) is 11.0. The SMILES string of the molecule is CC[C@H](C)NC(=O)CN1C(=O)c2ccccc2C1=O. The molecule has 0 fully saturated rings. The summed E-state index contributed by atoms with van der Waals surface area (Å²) in [5.74, 6) is -1.12. The normalized spacial score (nSPS) is 15.4. The van der Waals surface area contributed by atoms with E-state index in [1.807, 2.05) is 13.8 Å². The van der Waals surface area contributed by atoms with Gasteiger partial charge in [-0.15, -0.1) is 0 Å². The van der Waals surface area contributed by atoms with Gasteiger partial charge in [0, 0.05) is 6.04 Å². The van der Waals surface area contributed by atoms with Gasteiger partial charge in [-0.05, 0) is 25.5 Å². The zero-order chi connectivity index (χ0) is 14.0. The van der Waals surface area contributed by atoms with Crippen LogP contribution in [-0.2, 0) is 4.79 Å². The fourth-order valence-electron chi connectivity index (χ4n) is 1.95. The van der Waals surface area contributed by atoms with Crippen molar-refractivity contribution >= 4 is 17.7 Å². The van der Waals surface area contributed by atoms with Crippen molar-refractivity contribution in [2.75, 3.05) is 6.54 Å². The van der Waals surface area contributed by atoms with E-state index in [4.69, 9.17) is 0 Å². The number of hydrogen-bond donors (Lipinski definition) is 1. The number of fused-ring (bicyclic) bond motifs is 1. The van der Waals surface area contributed by atoms with Gasteiger partial charge in [0.1, 0.15) is 6.54 Å². The quantitative estimate of drug-likeness (QED) is 0.827. The van der Waals surface area contributed by atoms with Crippen molar-refractivity contribution in [3.63, 3.8) is 0 Å². The lowest BCUT2D eigenvalue weighted by Gasteiger charge is -2.16. The van der Waals surface area contributed by atoms with Crippen LogP contribution in [0.2, 0.25) is 0 Å². The first kappa shape index (κ1) is 13.3. The van der Waals surface area contributed by atoms with E-state index >= 15 is 0 Å². The average Bonchev–Trinajstić information content (AvgIpc) is 2.64. The molecule has 5 nitrogen and oxygen atoms in total. The first-order valence-electron chi connectivity index (χ1n) is 6.29. The number of imide groups is 1.